The standard InChI is InChI=1S/C14H8ClF3O/c15-11-2-1-3-12(18)14(11)13(19)6-8-4-9(16)7-10(17)5-8/h1-5,7H,6H2. The third kappa shape index (κ3) is 3.15. The summed E-state index contributed by atoms with van der Waals surface area (Å²) in [7, 11) is 0. The van der Waals surface area contributed by atoms with Crippen molar-refractivity contribution in [2.45, 2.75) is 6.42 Å². The molecule has 0 spiro atoms. The molecule has 0 aliphatic rings. The van der Waals surface area contributed by atoms with E-state index in [-0.39, 0.29) is 22.6 Å². The van der Waals surface area contributed by atoms with Gasteiger partial charge in [0.15, 0.2) is 5.78 Å². The van der Waals surface area contributed by atoms with Gasteiger partial charge in [0.25, 0.3) is 0 Å². The lowest BCUT2D eigenvalue weighted by Crippen LogP contribution is -2.07. The highest BCUT2D eigenvalue weighted by Gasteiger charge is 2.16. The van der Waals surface area contributed by atoms with Crippen molar-refractivity contribution in [1.29, 1.82) is 0 Å². The highest BCUT2D eigenvalue weighted by atomic mass is 35.5. The number of carbonyl (C=O) groups is 1. The molecule has 0 heterocycles. The third-order valence-electron chi connectivity index (χ3n) is 2.53. The van der Waals surface area contributed by atoms with Crippen LogP contribution >= 0.6 is 11.6 Å². The van der Waals surface area contributed by atoms with Crippen LogP contribution in [0.15, 0.2) is 36.4 Å². The first-order valence-electron chi connectivity index (χ1n) is 5.39. The van der Waals surface area contributed by atoms with Gasteiger partial charge in [-0.25, -0.2) is 13.2 Å². The van der Waals surface area contributed by atoms with Crippen molar-refractivity contribution < 1.29 is 18.0 Å². The number of hydrogen-bond donors (Lipinski definition) is 0. The van der Waals surface area contributed by atoms with Gasteiger partial charge in [0, 0.05) is 12.5 Å². The van der Waals surface area contributed by atoms with E-state index in [1.165, 1.54) is 12.1 Å². The summed E-state index contributed by atoms with van der Waals surface area (Å²) in [6.45, 7) is 0. The number of ketones is 1. The Bertz CT molecular complexity index is 600. The van der Waals surface area contributed by atoms with Crippen LogP contribution in [0.1, 0.15) is 15.9 Å². The lowest BCUT2D eigenvalue weighted by atomic mass is 10.0. The largest absolute Gasteiger partial charge is 0.294 e. The summed E-state index contributed by atoms with van der Waals surface area (Å²) < 4.78 is 39.5. The van der Waals surface area contributed by atoms with Crippen LogP contribution < -0.4 is 0 Å². The average Bonchev–Trinajstić information content (AvgIpc) is 2.26. The summed E-state index contributed by atoms with van der Waals surface area (Å²) in [5.41, 5.74) is -0.143. The lowest BCUT2D eigenvalue weighted by Gasteiger charge is -2.05. The maximum Gasteiger partial charge on any atom is 0.171 e. The van der Waals surface area contributed by atoms with Crippen molar-refractivity contribution in [3.8, 4) is 0 Å². The number of halogens is 4. The Hall–Kier alpha value is -1.81. The number of benzene rings is 2. The second-order valence-electron chi connectivity index (χ2n) is 3.97. The average molecular weight is 285 g/mol. The van der Waals surface area contributed by atoms with E-state index >= 15 is 0 Å². The summed E-state index contributed by atoms with van der Waals surface area (Å²) in [4.78, 5) is 11.9. The minimum absolute atomic E-state index is 0.0260. The molecule has 0 aliphatic carbocycles. The van der Waals surface area contributed by atoms with Crippen LogP contribution in [0, 0.1) is 17.5 Å². The van der Waals surface area contributed by atoms with Crippen LogP contribution in [0.4, 0.5) is 13.2 Å². The van der Waals surface area contributed by atoms with E-state index in [4.69, 9.17) is 11.6 Å². The zero-order valence-electron chi connectivity index (χ0n) is 9.59. The molecule has 0 atom stereocenters. The maximum atomic E-state index is 13.5. The molecule has 0 saturated carbocycles. The van der Waals surface area contributed by atoms with E-state index in [1.807, 2.05) is 0 Å². The summed E-state index contributed by atoms with van der Waals surface area (Å²) >= 11 is 5.74. The van der Waals surface area contributed by atoms with Crippen molar-refractivity contribution in [1.82, 2.24) is 0 Å². The zero-order chi connectivity index (χ0) is 14.0. The lowest BCUT2D eigenvalue weighted by molar-refractivity contribution is 0.0989. The van der Waals surface area contributed by atoms with Gasteiger partial charge in [0.2, 0.25) is 0 Å². The topological polar surface area (TPSA) is 17.1 Å². The summed E-state index contributed by atoms with van der Waals surface area (Å²) in [5, 5.41) is -0.0260. The van der Waals surface area contributed by atoms with E-state index in [9.17, 15) is 18.0 Å². The van der Waals surface area contributed by atoms with Crippen LogP contribution in [0.3, 0.4) is 0 Å². The SMILES string of the molecule is O=C(Cc1cc(F)cc(F)c1)c1c(F)cccc1Cl. The monoisotopic (exact) mass is 284 g/mol. The molecular weight excluding hydrogens is 277 g/mol. The molecular formula is C14H8ClF3O. The molecule has 2 rings (SSSR count). The first-order valence-corrected chi connectivity index (χ1v) is 5.77. The van der Waals surface area contributed by atoms with Gasteiger partial charge in [-0.15, -0.1) is 0 Å². The van der Waals surface area contributed by atoms with Crippen molar-refractivity contribution in [3.63, 3.8) is 0 Å². The molecule has 0 aromatic heterocycles. The molecule has 0 N–H and O–H groups in total. The molecule has 2 aromatic rings. The van der Waals surface area contributed by atoms with E-state index in [0.717, 1.165) is 18.2 Å². The van der Waals surface area contributed by atoms with Crippen molar-refractivity contribution in [2.24, 2.45) is 0 Å². The number of carbonyl (C=O) groups excluding carboxylic acids is 1. The summed E-state index contributed by atoms with van der Waals surface area (Å²) in [6, 6.07) is 6.60. The molecule has 0 saturated heterocycles. The molecule has 0 amide bonds. The Balaban J connectivity index is 2.31. The zero-order valence-corrected chi connectivity index (χ0v) is 10.3. The second-order valence-corrected chi connectivity index (χ2v) is 4.38. The van der Waals surface area contributed by atoms with Gasteiger partial charge < -0.3 is 0 Å². The number of hydrogen-bond acceptors (Lipinski definition) is 1. The van der Waals surface area contributed by atoms with Crippen molar-refractivity contribution in [2.75, 3.05) is 0 Å². The van der Waals surface area contributed by atoms with E-state index in [2.05, 4.69) is 0 Å². The first-order chi connectivity index (χ1) is 8.97. The molecule has 0 radical (unpaired) electrons. The Kier molecular flexibility index (Phi) is 3.90. The fourth-order valence-electron chi connectivity index (χ4n) is 1.75. The Morgan fingerprint density at radius 2 is 1.68 bits per heavy atom. The maximum absolute atomic E-state index is 13.5. The minimum atomic E-state index is -0.789. The van der Waals surface area contributed by atoms with E-state index in [0.29, 0.717) is 6.07 Å². The van der Waals surface area contributed by atoms with Gasteiger partial charge in [-0.05, 0) is 29.8 Å². The number of rotatable bonds is 3. The van der Waals surface area contributed by atoms with Crippen LogP contribution in [-0.2, 0) is 6.42 Å². The van der Waals surface area contributed by atoms with E-state index in [1.54, 1.807) is 0 Å². The summed E-state index contributed by atoms with van der Waals surface area (Å²) in [5.74, 6) is -2.97. The van der Waals surface area contributed by atoms with Crippen molar-refractivity contribution >= 4 is 17.4 Å². The molecule has 98 valence electrons. The van der Waals surface area contributed by atoms with Crippen LogP contribution in [0.5, 0.6) is 0 Å². The van der Waals surface area contributed by atoms with Crippen LogP contribution in [-0.4, -0.2) is 5.78 Å². The normalized spacial score (nSPS) is 10.5. The fourth-order valence-corrected chi connectivity index (χ4v) is 2.02. The molecule has 0 fully saturated rings. The fraction of sp³-hybridized carbons (Fsp3) is 0.0714. The Morgan fingerprint density at radius 1 is 1.05 bits per heavy atom. The van der Waals surface area contributed by atoms with Crippen molar-refractivity contribution in [3.05, 3.63) is 70.0 Å². The molecule has 0 unspecified atom stereocenters. The van der Waals surface area contributed by atoms with Gasteiger partial charge in [0.05, 0.1) is 10.6 Å². The molecule has 0 aliphatic heterocycles. The highest BCUT2D eigenvalue weighted by molar-refractivity contribution is 6.34. The predicted octanol–water partition coefficient (Wildman–Crippen LogP) is 4.18. The van der Waals surface area contributed by atoms with E-state index < -0.39 is 23.2 Å². The quantitative estimate of drug-likeness (QED) is 0.773. The van der Waals surface area contributed by atoms with Gasteiger partial charge in [-0.2, -0.15) is 0 Å². The molecule has 1 nitrogen and oxygen atoms in total. The minimum Gasteiger partial charge on any atom is -0.294 e. The predicted molar refractivity (Wildman–Crippen MR) is 65.8 cm³/mol. The molecule has 0 bridgehead atoms. The second kappa shape index (κ2) is 5.45. The van der Waals surface area contributed by atoms with Gasteiger partial charge in [-0.1, -0.05) is 17.7 Å². The van der Waals surface area contributed by atoms with Crippen LogP contribution in [0.25, 0.3) is 0 Å². The third-order valence-corrected chi connectivity index (χ3v) is 2.84. The molecule has 2 aromatic carbocycles. The molecule has 5 heteroatoms. The number of Topliss-reactive ketones (excluding diaryl/α,β-unsaturated/α-hetero) is 1. The van der Waals surface area contributed by atoms with Gasteiger partial charge >= 0.3 is 0 Å². The van der Waals surface area contributed by atoms with Gasteiger partial charge in [0.1, 0.15) is 17.5 Å². The smallest absolute Gasteiger partial charge is 0.171 e. The summed E-state index contributed by atoms with van der Waals surface area (Å²) in [6.07, 6.45) is -0.324. The Morgan fingerprint density at radius 3 is 2.26 bits per heavy atom. The highest BCUT2D eigenvalue weighted by Crippen LogP contribution is 2.21. The van der Waals surface area contributed by atoms with Gasteiger partial charge in [-0.3, -0.25) is 4.79 Å². The first kappa shape index (κ1) is 13.6. The Labute approximate surface area is 112 Å². The van der Waals surface area contributed by atoms with Crippen LogP contribution in [0.2, 0.25) is 5.02 Å². The molecule has 19 heavy (non-hydrogen) atoms.